The average molecular weight is 364 g/mol. The van der Waals surface area contributed by atoms with Gasteiger partial charge < -0.3 is 0 Å². The van der Waals surface area contributed by atoms with Gasteiger partial charge in [0.25, 0.3) is 0 Å². The summed E-state index contributed by atoms with van der Waals surface area (Å²) < 4.78 is 64.3. The molecule has 4 nitrogen and oxygen atoms in total. The van der Waals surface area contributed by atoms with E-state index in [4.69, 9.17) is 5.14 Å². The second kappa shape index (κ2) is 6.30. The van der Waals surface area contributed by atoms with Gasteiger partial charge in [0.2, 0.25) is 10.0 Å². The van der Waals surface area contributed by atoms with E-state index in [9.17, 15) is 21.6 Å². The minimum Gasteiger partial charge on any atom is -0.256 e. The quantitative estimate of drug-likeness (QED) is 0.773. The van der Waals surface area contributed by atoms with Crippen molar-refractivity contribution in [3.8, 4) is 22.4 Å². The highest BCUT2D eigenvalue weighted by atomic mass is 32.2. The van der Waals surface area contributed by atoms with Crippen LogP contribution in [0.4, 0.5) is 13.2 Å². The third kappa shape index (κ3) is 3.40. The van der Waals surface area contributed by atoms with Crippen molar-refractivity contribution in [2.45, 2.75) is 4.90 Å². The highest BCUT2D eigenvalue weighted by molar-refractivity contribution is 7.89. The van der Waals surface area contributed by atoms with Crippen LogP contribution in [0.5, 0.6) is 0 Å². The van der Waals surface area contributed by atoms with E-state index in [0.717, 1.165) is 12.1 Å². The molecule has 0 amide bonds. The lowest BCUT2D eigenvalue weighted by molar-refractivity contribution is 0.520. The molecule has 2 aromatic carbocycles. The van der Waals surface area contributed by atoms with Crippen LogP contribution in [0.3, 0.4) is 0 Å². The lowest BCUT2D eigenvalue weighted by Gasteiger charge is -2.11. The standard InChI is InChI=1S/C17H11F3N2O2S/c18-12-4-1-3-10(7-12)13-5-2-6-22-16(13)11-8-14(19)17(15(20)9-11)25(21,23)24/h1-9H,(H2,21,23,24). The zero-order chi connectivity index (χ0) is 18.2. The van der Waals surface area contributed by atoms with Crippen LogP contribution in [0.1, 0.15) is 0 Å². The normalized spacial score (nSPS) is 11.5. The summed E-state index contributed by atoms with van der Waals surface area (Å²) in [6.45, 7) is 0. The largest absolute Gasteiger partial charge is 0.256 e. The fourth-order valence-electron chi connectivity index (χ4n) is 2.49. The second-order valence-corrected chi connectivity index (χ2v) is 6.72. The third-order valence-corrected chi connectivity index (χ3v) is 4.46. The smallest absolute Gasteiger partial charge is 0.243 e. The van der Waals surface area contributed by atoms with Gasteiger partial charge in [-0.2, -0.15) is 0 Å². The number of nitrogens with two attached hydrogens (primary N) is 1. The first kappa shape index (κ1) is 17.1. The van der Waals surface area contributed by atoms with Crippen LogP contribution in [0.15, 0.2) is 59.6 Å². The molecule has 0 radical (unpaired) electrons. The van der Waals surface area contributed by atoms with Gasteiger partial charge in [0, 0.05) is 17.3 Å². The maximum Gasteiger partial charge on any atom is 0.243 e. The number of benzene rings is 2. The Hall–Kier alpha value is -2.71. The van der Waals surface area contributed by atoms with Crippen molar-refractivity contribution in [2.24, 2.45) is 5.14 Å². The summed E-state index contributed by atoms with van der Waals surface area (Å²) in [5.74, 6) is -3.13. The van der Waals surface area contributed by atoms with Crippen LogP contribution in [-0.4, -0.2) is 13.4 Å². The van der Waals surface area contributed by atoms with E-state index >= 15 is 0 Å². The highest BCUT2D eigenvalue weighted by Crippen LogP contribution is 2.32. The molecule has 3 aromatic rings. The highest BCUT2D eigenvalue weighted by Gasteiger charge is 2.22. The molecule has 0 bridgehead atoms. The summed E-state index contributed by atoms with van der Waals surface area (Å²) >= 11 is 0. The van der Waals surface area contributed by atoms with Gasteiger partial charge in [0.15, 0.2) is 4.90 Å². The molecule has 25 heavy (non-hydrogen) atoms. The van der Waals surface area contributed by atoms with Gasteiger partial charge in [-0.15, -0.1) is 0 Å². The molecule has 0 atom stereocenters. The maximum absolute atomic E-state index is 14.1. The number of primary sulfonamides is 1. The molecular weight excluding hydrogens is 353 g/mol. The molecule has 2 N–H and O–H groups in total. The first-order valence-corrected chi connectivity index (χ1v) is 8.55. The molecule has 0 aliphatic rings. The molecule has 1 heterocycles. The molecule has 0 unspecified atom stereocenters. The zero-order valence-electron chi connectivity index (χ0n) is 12.6. The van der Waals surface area contributed by atoms with E-state index in [0.29, 0.717) is 11.1 Å². The van der Waals surface area contributed by atoms with E-state index in [1.165, 1.54) is 24.4 Å². The van der Waals surface area contributed by atoms with Crippen molar-refractivity contribution in [2.75, 3.05) is 0 Å². The van der Waals surface area contributed by atoms with Gasteiger partial charge in [-0.05, 0) is 35.9 Å². The summed E-state index contributed by atoms with van der Waals surface area (Å²) in [5, 5.41) is 4.82. The molecule has 0 saturated heterocycles. The summed E-state index contributed by atoms with van der Waals surface area (Å²) in [4.78, 5) is 2.88. The number of pyridine rings is 1. The number of hydrogen-bond acceptors (Lipinski definition) is 3. The molecule has 8 heteroatoms. The van der Waals surface area contributed by atoms with Gasteiger partial charge in [-0.25, -0.2) is 26.7 Å². The van der Waals surface area contributed by atoms with Crippen molar-refractivity contribution >= 4 is 10.0 Å². The Morgan fingerprint density at radius 2 is 1.56 bits per heavy atom. The Bertz CT molecular complexity index is 1050. The van der Waals surface area contributed by atoms with Gasteiger partial charge >= 0.3 is 0 Å². The monoisotopic (exact) mass is 364 g/mol. The maximum atomic E-state index is 14.1. The molecule has 0 aliphatic heterocycles. The first-order chi connectivity index (χ1) is 11.8. The number of nitrogens with zero attached hydrogens (tertiary/aromatic N) is 1. The van der Waals surface area contributed by atoms with Crippen LogP contribution in [0, 0.1) is 17.5 Å². The predicted molar refractivity (Wildman–Crippen MR) is 86.4 cm³/mol. The Labute approximate surface area is 141 Å². The molecule has 0 saturated carbocycles. The summed E-state index contributed by atoms with van der Waals surface area (Å²) in [5.41, 5.74) is 1.07. The van der Waals surface area contributed by atoms with Crippen LogP contribution < -0.4 is 5.14 Å². The minimum absolute atomic E-state index is 0.00209. The number of aromatic nitrogens is 1. The van der Waals surface area contributed by atoms with Crippen LogP contribution in [-0.2, 0) is 10.0 Å². The van der Waals surface area contributed by atoms with Gasteiger partial charge in [-0.1, -0.05) is 18.2 Å². The molecule has 3 rings (SSSR count). The molecular formula is C17H11F3N2O2S. The Morgan fingerprint density at radius 3 is 2.16 bits per heavy atom. The summed E-state index contributed by atoms with van der Waals surface area (Å²) in [7, 11) is -4.55. The van der Waals surface area contributed by atoms with Crippen molar-refractivity contribution in [3.63, 3.8) is 0 Å². The minimum atomic E-state index is -4.55. The first-order valence-electron chi connectivity index (χ1n) is 7.00. The van der Waals surface area contributed by atoms with Gasteiger partial charge in [0.05, 0.1) is 5.69 Å². The Balaban J connectivity index is 2.22. The van der Waals surface area contributed by atoms with Crippen molar-refractivity contribution in [1.82, 2.24) is 4.98 Å². The van der Waals surface area contributed by atoms with Gasteiger partial charge in [0.1, 0.15) is 17.5 Å². The SMILES string of the molecule is NS(=O)(=O)c1c(F)cc(-c2ncccc2-c2cccc(F)c2)cc1F. The third-order valence-electron chi connectivity index (χ3n) is 3.50. The molecule has 0 spiro atoms. The average Bonchev–Trinajstić information content (AvgIpc) is 2.53. The lowest BCUT2D eigenvalue weighted by atomic mass is 9.99. The van der Waals surface area contributed by atoms with E-state index in [1.807, 2.05) is 0 Å². The molecule has 1 aromatic heterocycles. The number of rotatable bonds is 3. The Kier molecular flexibility index (Phi) is 4.32. The second-order valence-electron chi connectivity index (χ2n) is 5.22. The summed E-state index contributed by atoms with van der Waals surface area (Å²) in [6.07, 6.45) is 1.40. The fourth-order valence-corrected chi connectivity index (χ4v) is 3.15. The molecule has 128 valence electrons. The molecule has 0 aliphatic carbocycles. The van der Waals surface area contributed by atoms with Crippen molar-refractivity contribution in [3.05, 3.63) is 72.2 Å². The number of hydrogen-bond donors (Lipinski definition) is 1. The zero-order valence-corrected chi connectivity index (χ0v) is 13.4. The molecule has 0 fully saturated rings. The van der Waals surface area contributed by atoms with Crippen LogP contribution >= 0.6 is 0 Å². The van der Waals surface area contributed by atoms with E-state index in [1.54, 1.807) is 18.2 Å². The van der Waals surface area contributed by atoms with Crippen molar-refractivity contribution in [1.29, 1.82) is 0 Å². The number of halogens is 3. The van der Waals surface area contributed by atoms with Crippen molar-refractivity contribution < 1.29 is 21.6 Å². The Morgan fingerprint density at radius 1 is 0.880 bits per heavy atom. The van der Waals surface area contributed by atoms with E-state index in [2.05, 4.69) is 4.98 Å². The van der Waals surface area contributed by atoms with Crippen LogP contribution in [0.2, 0.25) is 0 Å². The van der Waals surface area contributed by atoms with Gasteiger partial charge in [-0.3, -0.25) is 4.98 Å². The number of sulfonamides is 1. The van der Waals surface area contributed by atoms with E-state index < -0.39 is 32.4 Å². The summed E-state index contributed by atoms with van der Waals surface area (Å²) in [6, 6.07) is 10.5. The van der Waals surface area contributed by atoms with Crippen LogP contribution in [0.25, 0.3) is 22.4 Å². The lowest BCUT2D eigenvalue weighted by Crippen LogP contribution is -2.16. The topological polar surface area (TPSA) is 73.1 Å². The fraction of sp³-hybridized carbons (Fsp3) is 0. The predicted octanol–water partition coefficient (Wildman–Crippen LogP) is 3.48. The van der Waals surface area contributed by atoms with E-state index in [-0.39, 0.29) is 11.3 Å².